The molecule has 0 bridgehead atoms. The summed E-state index contributed by atoms with van der Waals surface area (Å²) in [5.41, 5.74) is 2.26. The van der Waals surface area contributed by atoms with Gasteiger partial charge in [0.1, 0.15) is 5.75 Å². The molecule has 4 heteroatoms. The molecule has 2 aromatic rings. The van der Waals surface area contributed by atoms with Gasteiger partial charge in [0.2, 0.25) is 0 Å². The number of aromatic nitrogens is 1. The number of ether oxygens (including phenoxy) is 2. The summed E-state index contributed by atoms with van der Waals surface area (Å²) in [5.74, 6) is 0.378. The van der Waals surface area contributed by atoms with Crippen molar-refractivity contribution in [2.24, 2.45) is 0 Å². The Morgan fingerprint density at radius 1 is 1.24 bits per heavy atom. The second-order valence-electron chi connectivity index (χ2n) is 3.73. The minimum absolute atomic E-state index is 0.380. The van der Waals surface area contributed by atoms with Gasteiger partial charge in [0.15, 0.2) is 0 Å². The summed E-state index contributed by atoms with van der Waals surface area (Å²) in [5, 5.41) is 0.925. The standard InChI is InChI=1S/C13H13NO3/c1-8-4-10(16-2)6-12-11(8)5-9(7-14-12)13(15)17-3/h4-7H,1-3H3. The van der Waals surface area contributed by atoms with E-state index in [1.165, 1.54) is 13.3 Å². The fraction of sp³-hybridized carbons (Fsp3) is 0.231. The van der Waals surface area contributed by atoms with Crippen LogP contribution in [0.5, 0.6) is 5.75 Å². The van der Waals surface area contributed by atoms with Gasteiger partial charge in [-0.05, 0) is 24.6 Å². The van der Waals surface area contributed by atoms with Crippen molar-refractivity contribution in [1.29, 1.82) is 0 Å². The maximum absolute atomic E-state index is 11.4. The lowest BCUT2D eigenvalue weighted by Gasteiger charge is -2.07. The van der Waals surface area contributed by atoms with E-state index in [9.17, 15) is 4.79 Å². The summed E-state index contributed by atoms with van der Waals surface area (Å²) < 4.78 is 9.84. The second kappa shape index (κ2) is 4.41. The zero-order valence-corrected chi connectivity index (χ0v) is 9.98. The third kappa shape index (κ3) is 2.06. The van der Waals surface area contributed by atoms with Gasteiger partial charge >= 0.3 is 5.97 Å². The van der Waals surface area contributed by atoms with Crippen LogP contribution in [0.25, 0.3) is 10.9 Å². The minimum Gasteiger partial charge on any atom is -0.497 e. The Kier molecular flexibility index (Phi) is 2.95. The van der Waals surface area contributed by atoms with E-state index in [4.69, 9.17) is 4.74 Å². The first kappa shape index (κ1) is 11.4. The number of carbonyl (C=O) groups is 1. The quantitative estimate of drug-likeness (QED) is 0.744. The highest BCUT2D eigenvalue weighted by atomic mass is 16.5. The monoisotopic (exact) mass is 231 g/mol. The van der Waals surface area contributed by atoms with Crippen LogP contribution in [0.3, 0.4) is 0 Å². The summed E-state index contributed by atoms with van der Waals surface area (Å²) in [7, 11) is 2.97. The fourth-order valence-corrected chi connectivity index (χ4v) is 1.72. The number of hydrogen-bond acceptors (Lipinski definition) is 4. The van der Waals surface area contributed by atoms with Crippen molar-refractivity contribution >= 4 is 16.9 Å². The van der Waals surface area contributed by atoms with Crippen molar-refractivity contribution in [3.63, 3.8) is 0 Å². The van der Waals surface area contributed by atoms with E-state index in [0.29, 0.717) is 5.56 Å². The lowest BCUT2D eigenvalue weighted by atomic mass is 10.1. The molecule has 0 aliphatic heterocycles. The largest absolute Gasteiger partial charge is 0.497 e. The molecule has 88 valence electrons. The van der Waals surface area contributed by atoms with Crippen molar-refractivity contribution in [1.82, 2.24) is 4.98 Å². The summed E-state index contributed by atoms with van der Waals surface area (Å²) in [6.45, 7) is 1.95. The molecule has 0 spiro atoms. The number of rotatable bonds is 2. The van der Waals surface area contributed by atoms with Crippen molar-refractivity contribution in [2.45, 2.75) is 6.92 Å². The van der Waals surface area contributed by atoms with Crippen LogP contribution < -0.4 is 4.74 Å². The molecule has 0 aliphatic carbocycles. The Hall–Kier alpha value is -2.10. The predicted octanol–water partition coefficient (Wildman–Crippen LogP) is 2.34. The fourth-order valence-electron chi connectivity index (χ4n) is 1.72. The van der Waals surface area contributed by atoms with E-state index in [1.807, 2.05) is 19.1 Å². The zero-order chi connectivity index (χ0) is 12.4. The summed E-state index contributed by atoms with van der Waals surface area (Å²) >= 11 is 0. The SMILES string of the molecule is COC(=O)c1cnc2cc(OC)cc(C)c2c1. The lowest BCUT2D eigenvalue weighted by molar-refractivity contribution is 0.0600. The highest BCUT2D eigenvalue weighted by Gasteiger charge is 2.09. The molecule has 1 aromatic carbocycles. The van der Waals surface area contributed by atoms with Crippen LogP contribution in [0.15, 0.2) is 24.4 Å². The number of benzene rings is 1. The molecule has 1 heterocycles. The lowest BCUT2D eigenvalue weighted by Crippen LogP contribution is -2.02. The molecule has 4 nitrogen and oxygen atoms in total. The molecule has 0 amide bonds. The molecule has 2 rings (SSSR count). The maximum Gasteiger partial charge on any atom is 0.339 e. The number of fused-ring (bicyclic) bond motifs is 1. The predicted molar refractivity (Wildman–Crippen MR) is 64.4 cm³/mol. The average molecular weight is 231 g/mol. The van der Waals surface area contributed by atoms with Gasteiger partial charge in [0.05, 0.1) is 25.3 Å². The molecular formula is C13H13NO3. The number of esters is 1. The van der Waals surface area contributed by atoms with Gasteiger partial charge in [-0.15, -0.1) is 0 Å². The molecule has 1 aromatic heterocycles. The topological polar surface area (TPSA) is 48.4 Å². The summed E-state index contributed by atoms with van der Waals surface area (Å²) in [4.78, 5) is 15.6. The summed E-state index contributed by atoms with van der Waals surface area (Å²) in [6, 6.07) is 5.53. The first-order valence-electron chi connectivity index (χ1n) is 5.18. The van der Waals surface area contributed by atoms with Crippen molar-refractivity contribution < 1.29 is 14.3 Å². The Morgan fingerprint density at radius 3 is 2.65 bits per heavy atom. The van der Waals surface area contributed by atoms with Gasteiger partial charge in [-0.1, -0.05) is 0 Å². The Bertz CT molecular complexity index is 578. The minimum atomic E-state index is -0.380. The molecule has 0 N–H and O–H groups in total. The number of pyridine rings is 1. The molecule has 0 saturated heterocycles. The molecule has 0 saturated carbocycles. The Morgan fingerprint density at radius 2 is 2.00 bits per heavy atom. The van der Waals surface area contributed by atoms with Crippen LogP contribution in [0.2, 0.25) is 0 Å². The number of methoxy groups -OCH3 is 2. The number of hydrogen-bond donors (Lipinski definition) is 0. The van der Waals surface area contributed by atoms with Crippen LogP contribution in [-0.4, -0.2) is 25.2 Å². The molecule has 0 fully saturated rings. The van der Waals surface area contributed by atoms with Gasteiger partial charge < -0.3 is 9.47 Å². The van der Waals surface area contributed by atoms with Crippen LogP contribution in [0.4, 0.5) is 0 Å². The molecule has 17 heavy (non-hydrogen) atoms. The molecule has 0 unspecified atom stereocenters. The van der Waals surface area contributed by atoms with E-state index in [0.717, 1.165) is 22.2 Å². The van der Waals surface area contributed by atoms with Gasteiger partial charge in [0.25, 0.3) is 0 Å². The molecule has 0 radical (unpaired) electrons. The highest BCUT2D eigenvalue weighted by molar-refractivity contribution is 5.94. The first-order chi connectivity index (χ1) is 8.15. The average Bonchev–Trinajstić information content (AvgIpc) is 2.37. The first-order valence-corrected chi connectivity index (χ1v) is 5.18. The van der Waals surface area contributed by atoms with Crippen LogP contribution in [0, 0.1) is 6.92 Å². The van der Waals surface area contributed by atoms with Crippen molar-refractivity contribution in [3.8, 4) is 5.75 Å². The Labute approximate surface area is 99.2 Å². The molecular weight excluding hydrogens is 218 g/mol. The van der Waals surface area contributed by atoms with Crippen LogP contribution in [0.1, 0.15) is 15.9 Å². The van der Waals surface area contributed by atoms with Gasteiger partial charge in [0, 0.05) is 17.6 Å². The van der Waals surface area contributed by atoms with E-state index in [2.05, 4.69) is 9.72 Å². The van der Waals surface area contributed by atoms with E-state index < -0.39 is 0 Å². The maximum atomic E-state index is 11.4. The number of carbonyl (C=O) groups excluding carboxylic acids is 1. The molecule has 0 atom stereocenters. The van der Waals surface area contributed by atoms with Crippen LogP contribution >= 0.6 is 0 Å². The van der Waals surface area contributed by atoms with Crippen molar-refractivity contribution in [2.75, 3.05) is 14.2 Å². The van der Waals surface area contributed by atoms with E-state index in [1.54, 1.807) is 13.2 Å². The second-order valence-corrected chi connectivity index (χ2v) is 3.73. The Balaban J connectivity index is 2.62. The smallest absolute Gasteiger partial charge is 0.339 e. The van der Waals surface area contributed by atoms with E-state index >= 15 is 0 Å². The van der Waals surface area contributed by atoms with Crippen LogP contribution in [-0.2, 0) is 4.74 Å². The van der Waals surface area contributed by atoms with Gasteiger partial charge in [-0.3, -0.25) is 4.98 Å². The number of aryl methyl sites for hydroxylation is 1. The van der Waals surface area contributed by atoms with Crippen molar-refractivity contribution in [3.05, 3.63) is 35.5 Å². The highest BCUT2D eigenvalue weighted by Crippen LogP contribution is 2.24. The summed E-state index contributed by atoms with van der Waals surface area (Å²) in [6.07, 6.45) is 1.51. The van der Waals surface area contributed by atoms with Gasteiger partial charge in [-0.25, -0.2) is 4.79 Å². The third-order valence-corrected chi connectivity index (χ3v) is 2.64. The number of nitrogens with zero attached hydrogens (tertiary/aromatic N) is 1. The van der Waals surface area contributed by atoms with E-state index in [-0.39, 0.29) is 5.97 Å². The zero-order valence-electron chi connectivity index (χ0n) is 9.98. The molecule has 0 aliphatic rings. The normalized spacial score (nSPS) is 10.3. The van der Waals surface area contributed by atoms with Gasteiger partial charge in [-0.2, -0.15) is 0 Å². The third-order valence-electron chi connectivity index (χ3n) is 2.64.